The summed E-state index contributed by atoms with van der Waals surface area (Å²) in [4.78, 5) is 44.7. The van der Waals surface area contributed by atoms with Gasteiger partial charge in [-0.3, -0.25) is 14.4 Å². The molecular weight excluding hydrogens is 733 g/mol. The highest BCUT2D eigenvalue weighted by atomic mass is 16.5. The second-order valence-electron chi connectivity index (χ2n) is 18.2. The lowest BCUT2D eigenvalue weighted by Gasteiger charge is -2.24. The zero-order valence-corrected chi connectivity index (χ0v) is 40.6. The molecule has 7 nitrogen and oxygen atoms in total. The molecule has 0 saturated carbocycles. The lowest BCUT2D eigenvalue weighted by atomic mass is 9.94. The Hall–Kier alpha value is -1.63. The van der Waals surface area contributed by atoms with E-state index >= 15 is 0 Å². The summed E-state index contributed by atoms with van der Waals surface area (Å²) in [7, 11) is 2.11. The van der Waals surface area contributed by atoms with Crippen molar-refractivity contribution in [3.05, 3.63) is 0 Å². The first kappa shape index (κ1) is 57.4. The van der Waals surface area contributed by atoms with Gasteiger partial charge in [-0.15, -0.1) is 0 Å². The molecule has 0 aliphatic carbocycles. The van der Waals surface area contributed by atoms with Gasteiger partial charge in [0.15, 0.2) is 0 Å². The third-order valence-electron chi connectivity index (χ3n) is 12.4. The molecule has 350 valence electrons. The number of unbranched alkanes of at least 4 members (excludes halogenated alkanes) is 24. The van der Waals surface area contributed by atoms with E-state index in [0.29, 0.717) is 19.5 Å². The van der Waals surface area contributed by atoms with E-state index in [-0.39, 0.29) is 42.9 Å². The smallest absolute Gasteiger partial charge is 0.308 e. The van der Waals surface area contributed by atoms with E-state index in [4.69, 9.17) is 9.47 Å². The van der Waals surface area contributed by atoms with Crippen LogP contribution >= 0.6 is 0 Å². The molecule has 0 aromatic heterocycles. The van der Waals surface area contributed by atoms with E-state index in [2.05, 4.69) is 46.6 Å². The minimum Gasteiger partial charge on any atom is -0.464 e. The third kappa shape index (κ3) is 36.7. The van der Waals surface area contributed by atoms with Gasteiger partial charge in [0.1, 0.15) is 13.2 Å². The minimum absolute atomic E-state index is 0.0485. The number of hydrogen-bond donors (Lipinski definition) is 0. The second-order valence-corrected chi connectivity index (χ2v) is 18.2. The first-order valence-electron chi connectivity index (χ1n) is 26.1. The van der Waals surface area contributed by atoms with Gasteiger partial charge in [-0.25, -0.2) is 0 Å². The van der Waals surface area contributed by atoms with Crippen molar-refractivity contribution in [3.8, 4) is 0 Å². The Morgan fingerprint density at radius 1 is 0.373 bits per heavy atom. The van der Waals surface area contributed by atoms with Crippen molar-refractivity contribution in [2.45, 2.75) is 259 Å². The van der Waals surface area contributed by atoms with Crippen LogP contribution < -0.4 is 0 Å². The molecule has 0 rings (SSSR count). The van der Waals surface area contributed by atoms with Crippen molar-refractivity contribution in [1.82, 2.24) is 9.80 Å². The maximum atomic E-state index is 13.6. The molecule has 0 spiro atoms. The molecule has 0 fully saturated rings. The van der Waals surface area contributed by atoms with Gasteiger partial charge in [0.25, 0.3) is 0 Å². The average molecular weight is 835 g/mol. The lowest BCUT2D eigenvalue weighted by Crippen LogP contribution is -2.38. The summed E-state index contributed by atoms with van der Waals surface area (Å²) in [5.41, 5.74) is 0. The molecular formula is C52H102N2O5. The number of amides is 1. The average Bonchev–Trinajstić information content (AvgIpc) is 3.22. The molecule has 0 radical (unpaired) electrons. The lowest BCUT2D eigenvalue weighted by molar-refractivity contribution is -0.152. The molecule has 1 amide bonds. The van der Waals surface area contributed by atoms with Crippen LogP contribution in [0.4, 0.5) is 0 Å². The number of carbonyl (C=O) groups is 3. The Morgan fingerprint density at radius 3 is 0.983 bits per heavy atom. The normalized spacial score (nSPS) is 11.6. The Kier molecular flexibility index (Phi) is 43.2. The van der Waals surface area contributed by atoms with E-state index in [1.54, 1.807) is 4.90 Å². The molecule has 0 aromatic rings. The predicted octanol–water partition coefficient (Wildman–Crippen LogP) is 14.8. The van der Waals surface area contributed by atoms with Gasteiger partial charge < -0.3 is 19.3 Å². The molecule has 0 aromatic carbocycles. The zero-order valence-electron chi connectivity index (χ0n) is 40.6. The highest BCUT2D eigenvalue weighted by molar-refractivity contribution is 5.76. The highest BCUT2D eigenvalue weighted by Gasteiger charge is 2.23. The van der Waals surface area contributed by atoms with Crippen LogP contribution in [0.1, 0.15) is 259 Å². The van der Waals surface area contributed by atoms with Gasteiger partial charge in [-0.05, 0) is 58.7 Å². The Morgan fingerprint density at radius 2 is 0.678 bits per heavy atom. The molecule has 0 aliphatic rings. The van der Waals surface area contributed by atoms with Gasteiger partial charge in [0.05, 0.1) is 24.9 Å². The predicted molar refractivity (Wildman–Crippen MR) is 253 cm³/mol. The monoisotopic (exact) mass is 835 g/mol. The minimum atomic E-state index is -0.0967. The fraction of sp³-hybridized carbons (Fsp3) is 0.942. The summed E-state index contributed by atoms with van der Waals surface area (Å²) in [5.74, 6) is -0.274. The Bertz CT molecular complexity index is 835. The number of carbonyl (C=O) groups excluding carboxylic acids is 3. The van der Waals surface area contributed by atoms with Gasteiger partial charge in [-0.1, -0.05) is 214 Å². The van der Waals surface area contributed by atoms with Crippen molar-refractivity contribution in [1.29, 1.82) is 0 Å². The van der Waals surface area contributed by atoms with Gasteiger partial charge >= 0.3 is 11.9 Å². The second kappa shape index (κ2) is 44.4. The molecule has 7 heteroatoms. The molecule has 59 heavy (non-hydrogen) atoms. The van der Waals surface area contributed by atoms with Crippen LogP contribution in [0.25, 0.3) is 0 Å². The van der Waals surface area contributed by atoms with Gasteiger partial charge in [-0.2, -0.15) is 0 Å². The summed E-state index contributed by atoms with van der Waals surface area (Å²) >= 11 is 0. The summed E-state index contributed by atoms with van der Waals surface area (Å²) < 4.78 is 11.9. The van der Waals surface area contributed by atoms with Crippen molar-refractivity contribution < 1.29 is 23.9 Å². The quantitative estimate of drug-likeness (QED) is 0.0449. The van der Waals surface area contributed by atoms with Crippen LogP contribution in [-0.4, -0.2) is 74.1 Å². The highest BCUT2D eigenvalue weighted by Crippen LogP contribution is 2.23. The fourth-order valence-corrected chi connectivity index (χ4v) is 8.41. The summed E-state index contributed by atoms with van der Waals surface area (Å²) in [6.07, 6.45) is 40.5. The van der Waals surface area contributed by atoms with E-state index < -0.39 is 0 Å². The van der Waals surface area contributed by atoms with Crippen LogP contribution in [0.15, 0.2) is 0 Å². The summed E-state index contributed by atoms with van der Waals surface area (Å²) in [5, 5.41) is 0. The Balaban J connectivity index is 5.38. The van der Waals surface area contributed by atoms with Crippen LogP contribution in [0.3, 0.4) is 0 Å². The standard InChI is InChI=1S/C52H102N2O5/c1-7-12-16-20-24-28-32-37-48(38-33-29-25-21-17-13-8-2)51(56)58-46-44-54(50(55)41-36-43-53(6)42-11-5)45-47-59-52(57)49(39-34-30-26-22-18-14-9-3)40-35-31-27-23-19-15-10-4/h48-49H,7-47H2,1-6H3. The van der Waals surface area contributed by atoms with Gasteiger partial charge in [0, 0.05) is 6.42 Å². The number of ether oxygens (including phenoxy) is 2. The summed E-state index contributed by atoms with van der Waals surface area (Å²) in [6.45, 7) is 14.1. The van der Waals surface area contributed by atoms with E-state index in [0.717, 1.165) is 77.3 Å². The first-order valence-corrected chi connectivity index (χ1v) is 26.1. The zero-order chi connectivity index (χ0) is 43.4. The molecule has 0 heterocycles. The number of rotatable bonds is 46. The topological polar surface area (TPSA) is 76.1 Å². The molecule has 0 unspecified atom stereocenters. The Labute approximate surface area is 368 Å². The van der Waals surface area contributed by atoms with Crippen molar-refractivity contribution in [2.75, 3.05) is 46.4 Å². The number of nitrogens with zero attached hydrogens (tertiary/aromatic N) is 2. The largest absolute Gasteiger partial charge is 0.464 e. The molecule has 0 aliphatic heterocycles. The van der Waals surface area contributed by atoms with Crippen molar-refractivity contribution >= 4 is 17.8 Å². The van der Waals surface area contributed by atoms with E-state index in [1.807, 2.05) is 0 Å². The maximum absolute atomic E-state index is 13.6. The van der Waals surface area contributed by atoms with Crippen LogP contribution in [-0.2, 0) is 23.9 Å². The van der Waals surface area contributed by atoms with Gasteiger partial charge in [0.2, 0.25) is 5.91 Å². The molecule has 0 atom stereocenters. The SMILES string of the molecule is CCCCCCCCCC(CCCCCCCCC)C(=O)OCCN(CCOC(=O)C(CCCCCCCCC)CCCCCCCCC)C(=O)CCCN(C)CCC. The number of hydrogen-bond acceptors (Lipinski definition) is 6. The van der Waals surface area contributed by atoms with Crippen molar-refractivity contribution in [2.24, 2.45) is 11.8 Å². The third-order valence-corrected chi connectivity index (χ3v) is 12.4. The number of esters is 2. The molecule has 0 N–H and O–H groups in total. The van der Waals surface area contributed by atoms with Crippen LogP contribution in [0.5, 0.6) is 0 Å². The molecule has 0 saturated heterocycles. The molecule has 0 bridgehead atoms. The van der Waals surface area contributed by atoms with Crippen LogP contribution in [0.2, 0.25) is 0 Å². The maximum Gasteiger partial charge on any atom is 0.308 e. The first-order chi connectivity index (χ1) is 28.8. The van der Waals surface area contributed by atoms with Crippen molar-refractivity contribution in [3.63, 3.8) is 0 Å². The fourth-order valence-electron chi connectivity index (χ4n) is 8.41. The van der Waals surface area contributed by atoms with E-state index in [9.17, 15) is 14.4 Å². The summed E-state index contributed by atoms with van der Waals surface area (Å²) in [6, 6.07) is 0. The van der Waals surface area contributed by atoms with Crippen LogP contribution in [0, 0.1) is 11.8 Å². The van der Waals surface area contributed by atoms with E-state index in [1.165, 1.54) is 154 Å².